The maximum atomic E-state index is 13.7. The van der Waals surface area contributed by atoms with Gasteiger partial charge in [-0.15, -0.1) is 11.3 Å². The van der Waals surface area contributed by atoms with Crippen molar-refractivity contribution in [1.29, 1.82) is 0 Å². The van der Waals surface area contributed by atoms with Crippen LogP contribution in [0.1, 0.15) is 37.8 Å². The Morgan fingerprint density at radius 2 is 1.94 bits per heavy atom. The Morgan fingerprint density at radius 3 is 2.69 bits per heavy atom. The monoisotopic (exact) mass is 491 g/mol. The fourth-order valence-corrected chi connectivity index (χ4v) is 6.02. The second-order valence-corrected chi connectivity index (χ2v) is 10.4. The summed E-state index contributed by atoms with van der Waals surface area (Å²) >= 11 is 1.55. The number of amides is 2. The standard InChI is InChI=1S/C27H29N3O4S/c1-15-7-5-8-17(11-15)25-23(29-16(2)35-25)27(32)30-14-18-12-20(18)21(30)13-28-26(31)19-9-6-10-22(33-3)24(19)34-4/h5-11,18,20-21H,12-14H2,1-4H3,(H,28,31)/t18-,20?,21+/m0/s1. The lowest BCUT2D eigenvalue weighted by molar-refractivity contribution is 0.0690. The largest absolute Gasteiger partial charge is 0.493 e. The van der Waals surface area contributed by atoms with Crippen molar-refractivity contribution in [1.82, 2.24) is 15.2 Å². The Hall–Kier alpha value is -3.39. The molecular formula is C27H29N3O4S. The molecule has 0 spiro atoms. The zero-order valence-corrected chi connectivity index (χ0v) is 21.1. The van der Waals surface area contributed by atoms with Crippen molar-refractivity contribution in [2.24, 2.45) is 11.8 Å². The summed E-state index contributed by atoms with van der Waals surface area (Å²) in [5, 5.41) is 3.90. The average Bonchev–Trinajstić information content (AvgIpc) is 3.37. The molecule has 7 nitrogen and oxygen atoms in total. The zero-order valence-electron chi connectivity index (χ0n) is 20.3. The first-order chi connectivity index (χ1) is 16.9. The van der Waals surface area contributed by atoms with Crippen LogP contribution in [-0.2, 0) is 0 Å². The van der Waals surface area contributed by atoms with Crippen LogP contribution in [0.5, 0.6) is 11.5 Å². The van der Waals surface area contributed by atoms with Gasteiger partial charge in [0.1, 0.15) is 5.69 Å². The molecule has 3 atom stereocenters. The quantitative estimate of drug-likeness (QED) is 0.532. The second-order valence-electron chi connectivity index (χ2n) is 9.22. The van der Waals surface area contributed by atoms with Crippen molar-refractivity contribution < 1.29 is 19.1 Å². The van der Waals surface area contributed by atoms with E-state index in [0.29, 0.717) is 47.7 Å². The minimum atomic E-state index is -0.248. The number of para-hydroxylation sites is 1. The van der Waals surface area contributed by atoms with E-state index in [1.807, 2.05) is 36.9 Å². The number of nitrogens with one attached hydrogen (secondary N) is 1. The van der Waals surface area contributed by atoms with Gasteiger partial charge in [-0.05, 0) is 49.8 Å². The molecule has 1 aliphatic carbocycles. The molecule has 1 aliphatic heterocycles. The van der Waals surface area contributed by atoms with E-state index in [4.69, 9.17) is 9.47 Å². The summed E-state index contributed by atoms with van der Waals surface area (Å²) in [6.45, 7) is 5.07. The number of ether oxygens (including phenoxy) is 2. The summed E-state index contributed by atoms with van der Waals surface area (Å²) in [6, 6.07) is 13.3. The van der Waals surface area contributed by atoms with Crippen molar-refractivity contribution in [3.8, 4) is 21.9 Å². The van der Waals surface area contributed by atoms with Gasteiger partial charge in [-0.2, -0.15) is 0 Å². The third-order valence-electron chi connectivity index (χ3n) is 6.90. The third kappa shape index (κ3) is 4.38. The van der Waals surface area contributed by atoms with Gasteiger partial charge in [0.05, 0.1) is 35.7 Å². The van der Waals surface area contributed by atoms with Gasteiger partial charge < -0.3 is 19.7 Å². The van der Waals surface area contributed by atoms with Crippen LogP contribution in [-0.4, -0.2) is 55.0 Å². The number of likely N-dealkylation sites (tertiary alicyclic amines) is 1. The molecule has 5 rings (SSSR count). The molecule has 1 unspecified atom stereocenters. The maximum Gasteiger partial charge on any atom is 0.274 e. The number of rotatable bonds is 7. The van der Waals surface area contributed by atoms with Gasteiger partial charge in [-0.1, -0.05) is 35.9 Å². The van der Waals surface area contributed by atoms with Crippen molar-refractivity contribution in [2.45, 2.75) is 26.3 Å². The Balaban J connectivity index is 1.36. The van der Waals surface area contributed by atoms with Crippen molar-refractivity contribution in [3.05, 3.63) is 64.3 Å². The number of piperidine rings is 1. The predicted octanol–water partition coefficient (Wildman–Crippen LogP) is 4.33. The first-order valence-corrected chi connectivity index (χ1v) is 12.6. The number of benzene rings is 2. The number of nitrogens with zero attached hydrogens (tertiary/aromatic N) is 2. The highest BCUT2D eigenvalue weighted by Crippen LogP contribution is 2.50. The molecule has 182 valence electrons. The molecule has 2 aromatic carbocycles. The minimum absolute atomic E-state index is 0.0552. The highest BCUT2D eigenvalue weighted by molar-refractivity contribution is 7.15. The van der Waals surface area contributed by atoms with Crippen LogP contribution in [0.4, 0.5) is 0 Å². The van der Waals surface area contributed by atoms with Gasteiger partial charge in [-0.3, -0.25) is 9.59 Å². The molecule has 1 N–H and O–H groups in total. The Kier molecular flexibility index (Phi) is 6.23. The Labute approximate surface area is 209 Å². The zero-order chi connectivity index (χ0) is 24.7. The summed E-state index contributed by atoms with van der Waals surface area (Å²) in [6.07, 6.45) is 1.09. The number of aromatic nitrogens is 1. The second kappa shape index (κ2) is 9.34. The van der Waals surface area contributed by atoms with Gasteiger partial charge >= 0.3 is 0 Å². The molecule has 35 heavy (non-hydrogen) atoms. The van der Waals surface area contributed by atoms with Crippen molar-refractivity contribution in [2.75, 3.05) is 27.3 Å². The van der Waals surface area contributed by atoms with Crippen LogP contribution in [0.3, 0.4) is 0 Å². The summed E-state index contributed by atoms with van der Waals surface area (Å²) < 4.78 is 10.7. The number of carbonyl (C=O) groups is 2. The molecule has 2 aliphatic rings. The minimum Gasteiger partial charge on any atom is -0.493 e. The van der Waals surface area contributed by atoms with E-state index in [1.54, 1.807) is 36.6 Å². The Morgan fingerprint density at radius 1 is 1.14 bits per heavy atom. The van der Waals surface area contributed by atoms with E-state index in [-0.39, 0.29) is 17.9 Å². The smallest absolute Gasteiger partial charge is 0.274 e. The lowest BCUT2D eigenvalue weighted by Crippen LogP contribution is -2.45. The van der Waals surface area contributed by atoms with Crippen LogP contribution in [0.2, 0.25) is 0 Å². The summed E-state index contributed by atoms with van der Waals surface area (Å²) in [5.74, 6) is 1.50. The molecule has 1 aromatic heterocycles. The molecular weight excluding hydrogens is 462 g/mol. The first-order valence-electron chi connectivity index (χ1n) is 11.8. The molecule has 0 bridgehead atoms. The third-order valence-corrected chi connectivity index (χ3v) is 7.92. The van der Waals surface area contributed by atoms with E-state index in [2.05, 4.69) is 16.4 Å². The lowest BCUT2D eigenvalue weighted by atomic mass is 10.1. The number of carbonyl (C=O) groups excluding carboxylic acids is 2. The molecule has 2 amide bonds. The van der Waals surface area contributed by atoms with Gasteiger partial charge in [0.2, 0.25) is 0 Å². The predicted molar refractivity (Wildman–Crippen MR) is 135 cm³/mol. The van der Waals surface area contributed by atoms with Crippen LogP contribution >= 0.6 is 11.3 Å². The highest BCUT2D eigenvalue weighted by Gasteiger charge is 2.54. The number of methoxy groups -OCH3 is 2. The summed E-state index contributed by atoms with van der Waals surface area (Å²) in [7, 11) is 3.06. The van der Waals surface area contributed by atoms with Crippen molar-refractivity contribution >= 4 is 23.2 Å². The van der Waals surface area contributed by atoms with Gasteiger partial charge in [-0.25, -0.2) is 4.98 Å². The first kappa shape index (κ1) is 23.4. The van der Waals surface area contributed by atoms with Gasteiger partial charge in [0.25, 0.3) is 11.8 Å². The molecule has 1 saturated carbocycles. The van der Waals surface area contributed by atoms with E-state index >= 15 is 0 Å². The molecule has 8 heteroatoms. The topological polar surface area (TPSA) is 80.8 Å². The maximum absolute atomic E-state index is 13.7. The van der Waals surface area contributed by atoms with Crippen LogP contribution < -0.4 is 14.8 Å². The van der Waals surface area contributed by atoms with Gasteiger partial charge in [0.15, 0.2) is 11.5 Å². The number of hydrogen-bond donors (Lipinski definition) is 1. The fraction of sp³-hybridized carbons (Fsp3) is 0.370. The van der Waals surface area contributed by atoms with Gasteiger partial charge in [0, 0.05) is 13.1 Å². The molecule has 2 fully saturated rings. The summed E-state index contributed by atoms with van der Waals surface area (Å²) in [5.41, 5.74) is 3.07. The SMILES string of the molecule is COc1cccc(C(=O)NC[C@@H]2C3C[C@H]3CN2C(=O)c2nc(C)sc2-c2cccc(C)c2)c1OC. The van der Waals surface area contributed by atoms with Crippen molar-refractivity contribution in [3.63, 3.8) is 0 Å². The lowest BCUT2D eigenvalue weighted by Gasteiger charge is -2.27. The average molecular weight is 492 g/mol. The van der Waals surface area contributed by atoms with E-state index in [9.17, 15) is 9.59 Å². The normalized spacial score (nSPS) is 20.3. The molecule has 0 radical (unpaired) electrons. The van der Waals surface area contributed by atoms with E-state index in [1.165, 1.54) is 7.11 Å². The molecule has 2 heterocycles. The molecule has 3 aromatic rings. The van der Waals surface area contributed by atoms with E-state index in [0.717, 1.165) is 27.4 Å². The van der Waals surface area contributed by atoms with Crippen LogP contribution in [0.15, 0.2) is 42.5 Å². The molecule has 1 saturated heterocycles. The summed E-state index contributed by atoms with van der Waals surface area (Å²) in [4.78, 5) is 34.2. The van der Waals surface area contributed by atoms with Crippen LogP contribution in [0, 0.1) is 25.7 Å². The number of fused-ring (bicyclic) bond motifs is 1. The van der Waals surface area contributed by atoms with E-state index < -0.39 is 0 Å². The number of hydrogen-bond acceptors (Lipinski definition) is 6. The van der Waals surface area contributed by atoms with Crippen LogP contribution in [0.25, 0.3) is 10.4 Å². The number of thiazole rings is 1. The number of aryl methyl sites for hydroxylation is 2. The highest BCUT2D eigenvalue weighted by atomic mass is 32.1. The Bertz CT molecular complexity index is 1290. The fourth-order valence-electron chi connectivity index (χ4n) is 5.11.